The SMILES string of the molecule is CCCCCCCC1CCC2c3ccc(C#Cc4ccc(OC(F)(F)F)c(F)c4)cc3CCC2C1. The molecule has 1 nitrogen and oxygen atoms in total. The summed E-state index contributed by atoms with van der Waals surface area (Å²) in [7, 11) is 0. The minimum absolute atomic E-state index is 0.308. The first-order valence-electron chi connectivity index (χ1n) is 13.0. The van der Waals surface area contributed by atoms with Gasteiger partial charge in [-0.15, -0.1) is 13.2 Å². The van der Waals surface area contributed by atoms with E-state index in [1.807, 2.05) is 6.07 Å². The number of fused-ring (bicyclic) bond motifs is 3. The lowest BCUT2D eigenvalue weighted by Gasteiger charge is -2.40. The average molecular weight is 487 g/mol. The number of benzene rings is 2. The van der Waals surface area contributed by atoms with Crippen molar-refractivity contribution in [3.8, 4) is 17.6 Å². The number of rotatable bonds is 7. The maximum Gasteiger partial charge on any atom is 0.573 e. The number of hydrogen-bond acceptors (Lipinski definition) is 1. The van der Waals surface area contributed by atoms with Crippen molar-refractivity contribution in [1.29, 1.82) is 0 Å². The monoisotopic (exact) mass is 486 g/mol. The Bertz CT molecular complexity index is 1060. The van der Waals surface area contributed by atoms with Gasteiger partial charge in [-0.2, -0.15) is 0 Å². The molecule has 0 spiro atoms. The van der Waals surface area contributed by atoms with Crippen molar-refractivity contribution in [2.75, 3.05) is 0 Å². The molecule has 3 atom stereocenters. The number of ether oxygens (including phenoxy) is 1. The van der Waals surface area contributed by atoms with Gasteiger partial charge in [0.25, 0.3) is 0 Å². The average Bonchev–Trinajstić information content (AvgIpc) is 2.83. The van der Waals surface area contributed by atoms with Gasteiger partial charge in [0.1, 0.15) is 0 Å². The van der Waals surface area contributed by atoms with Crippen LogP contribution in [0.1, 0.15) is 99.3 Å². The van der Waals surface area contributed by atoms with Crippen LogP contribution in [0.2, 0.25) is 0 Å². The first kappa shape index (κ1) is 25.6. The van der Waals surface area contributed by atoms with Crippen molar-refractivity contribution < 1.29 is 22.3 Å². The first-order valence-corrected chi connectivity index (χ1v) is 13.0. The van der Waals surface area contributed by atoms with Crippen LogP contribution in [0.4, 0.5) is 17.6 Å². The maximum absolute atomic E-state index is 13.9. The largest absolute Gasteiger partial charge is 0.573 e. The number of alkyl halides is 3. The number of hydrogen-bond donors (Lipinski definition) is 0. The molecule has 0 aromatic heterocycles. The highest BCUT2D eigenvalue weighted by Crippen LogP contribution is 2.48. The second-order valence-electron chi connectivity index (χ2n) is 10.1. The summed E-state index contributed by atoms with van der Waals surface area (Å²) in [5.41, 5.74) is 3.98. The van der Waals surface area contributed by atoms with Crippen molar-refractivity contribution in [2.24, 2.45) is 11.8 Å². The minimum Gasteiger partial charge on any atom is -0.403 e. The summed E-state index contributed by atoms with van der Waals surface area (Å²) in [5.74, 6) is 6.30. The van der Waals surface area contributed by atoms with E-state index in [0.717, 1.165) is 36.0 Å². The van der Waals surface area contributed by atoms with Gasteiger partial charge >= 0.3 is 6.36 Å². The third-order valence-electron chi connectivity index (χ3n) is 7.64. The van der Waals surface area contributed by atoms with Crippen molar-refractivity contribution >= 4 is 0 Å². The molecular weight excluding hydrogens is 452 g/mol. The third-order valence-corrected chi connectivity index (χ3v) is 7.64. The van der Waals surface area contributed by atoms with Gasteiger partial charge in [-0.05, 0) is 91.3 Å². The molecule has 0 aliphatic heterocycles. The van der Waals surface area contributed by atoms with E-state index in [0.29, 0.717) is 11.5 Å². The zero-order valence-electron chi connectivity index (χ0n) is 20.4. The molecule has 4 rings (SSSR count). The number of halogens is 4. The van der Waals surface area contributed by atoms with E-state index in [4.69, 9.17) is 0 Å². The van der Waals surface area contributed by atoms with Crippen LogP contribution in [0, 0.1) is 29.5 Å². The third kappa shape index (κ3) is 7.03. The summed E-state index contributed by atoms with van der Waals surface area (Å²) in [6.45, 7) is 2.26. The van der Waals surface area contributed by atoms with E-state index in [9.17, 15) is 17.6 Å². The summed E-state index contributed by atoms with van der Waals surface area (Å²) < 4.78 is 54.6. The molecule has 188 valence electrons. The molecule has 0 N–H and O–H groups in total. The lowest BCUT2D eigenvalue weighted by Crippen LogP contribution is -2.28. The molecule has 2 aromatic carbocycles. The summed E-state index contributed by atoms with van der Waals surface area (Å²) in [6, 6.07) is 9.63. The lowest BCUT2D eigenvalue weighted by atomic mass is 9.64. The van der Waals surface area contributed by atoms with Crippen LogP contribution in [0.3, 0.4) is 0 Å². The zero-order valence-corrected chi connectivity index (χ0v) is 20.4. The smallest absolute Gasteiger partial charge is 0.403 e. The minimum atomic E-state index is -4.93. The Kier molecular flexibility index (Phi) is 8.42. The molecule has 2 aromatic rings. The summed E-state index contributed by atoms with van der Waals surface area (Å²) in [5, 5.41) is 0. The summed E-state index contributed by atoms with van der Waals surface area (Å²) >= 11 is 0. The Balaban J connectivity index is 1.37. The van der Waals surface area contributed by atoms with Crippen LogP contribution in [-0.4, -0.2) is 6.36 Å². The predicted molar refractivity (Wildman–Crippen MR) is 131 cm³/mol. The van der Waals surface area contributed by atoms with E-state index >= 15 is 0 Å². The molecule has 0 amide bonds. The Labute approximate surface area is 206 Å². The quantitative estimate of drug-likeness (QED) is 0.216. The topological polar surface area (TPSA) is 9.23 Å². The Hall–Kier alpha value is -2.48. The molecule has 0 radical (unpaired) electrons. The molecule has 2 aliphatic carbocycles. The van der Waals surface area contributed by atoms with Crippen molar-refractivity contribution in [2.45, 2.75) is 89.8 Å². The standard InChI is InChI=1S/C30H34F4O/c1-2-3-4-5-6-7-21-10-15-26-24(18-21)13-14-25-19-22(11-16-27(25)26)8-9-23-12-17-29(28(31)20-23)35-30(32,33)34/h11-12,16-17,19-21,24,26H,2-7,10,13-15,18H2,1H3. The van der Waals surface area contributed by atoms with Gasteiger partial charge in [-0.1, -0.05) is 63.4 Å². The van der Waals surface area contributed by atoms with E-state index in [-0.39, 0.29) is 0 Å². The van der Waals surface area contributed by atoms with E-state index in [1.54, 1.807) is 0 Å². The molecule has 5 heteroatoms. The van der Waals surface area contributed by atoms with Crippen molar-refractivity contribution in [3.63, 3.8) is 0 Å². The van der Waals surface area contributed by atoms with Crippen LogP contribution in [-0.2, 0) is 6.42 Å². The van der Waals surface area contributed by atoms with Gasteiger partial charge in [-0.25, -0.2) is 4.39 Å². The van der Waals surface area contributed by atoms with E-state index in [2.05, 4.69) is 35.6 Å². The van der Waals surface area contributed by atoms with Crippen molar-refractivity contribution in [3.05, 3.63) is 64.5 Å². The highest BCUT2D eigenvalue weighted by molar-refractivity contribution is 5.48. The van der Waals surface area contributed by atoms with Gasteiger partial charge in [0.15, 0.2) is 11.6 Å². The Morgan fingerprint density at radius 3 is 2.40 bits per heavy atom. The van der Waals surface area contributed by atoms with Crippen molar-refractivity contribution in [1.82, 2.24) is 0 Å². The fourth-order valence-corrected chi connectivity index (χ4v) is 5.92. The molecule has 1 fully saturated rings. The molecule has 35 heavy (non-hydrogen) atoms. The van der Waals surface area contributed by atoms with Gasteiger partial charge in [-0.3, -0.25) is 0 Å². The predicted octanol–water partition coefficient (Wildman–Crippen LogP) is 8.93. The molecule has 1 saturated carbocycles. The Morgan fingerprint density at radius 1 is 0.914 bits per heavy atom. The van der Waals surface area contributed by atoms with E-state index in [1.165, 1.54) is 81.4 Å². The molecule has 2 aliphatic rings. The molecule has 3 unspecified atom stereocenters. The van der Waals surface area contributed by atoms with Crippen LogP contribution in [0.5, 0.6) is 5.75 Å². The number of aryl methyl sites for hydroxylation is 1. The van der Waals surface area contributed by atoms with Gasteiger partial charge in [0, 0.05) is 11.1 Å². The van der Waals surface area contributed by atoms with Crippen LogP contribution < -0.4 is 4.74 Å². The van der Waals surface area contributed by atoms with E-state index < -0.39 is 17.9 Å². The highest BCUT2D eigenvalue weighted by Gasteiger charge is 2.35. The maximum atomic E-state index is 13.9. The van der Waals surface area contributed by atoms with Crippen LogP contribution in [0.25, 0.3) is 0 Å². The van der Waals surface area contributed by atoms with Gasteiger partial charge in [0.05, 0.1) is 0 Å². The summed E-state index contributed by atoms with van der Waals surface area (Å²) in [6.07, 6.45) is 9.50. The highest BCUT2D eigenvalue weighted by atomic mass is 19.4. The lowest BCUT2D eigenvalue weighted by molar-refractivity contribution is -0.275. The Morgan fingerprint density at radius 2 is 1.66 bits per heavy atom. The molecule has 0 heterocycles. The number of unbranched alkanes of at least 4 members (excludes halogenated alkanes) is 4. The second-order valence-corrected chi connectivity index (χ2v) is 10.1. The van der Waals surface area contributed by atoms with Crippen LogP contribution >= 0.6 is 0 Å². The fourth-order valence-electron chi connectivity index (χ4n) is 5.92. The van der Waals surface area contributed by atoms with Gasteiger partial charge < -0.3 is 4.74 Å². The first-order chi connectivity index (χ1) is 16.8. The molecule has 0 bridgehead atoms. The normalized spacial score (nSPS) is 21.5. The fraction of sp³-hybridized carbons (Fsp3) is 0.533. The summed E-state index contributed by atoms with van der Waals surface area (Å²) in [4.78, 5) is 0. The zero-order chi connectivity index (χ0) is 24.8. The molecular formula is C30H34F4O. The molecule has 0 saturated heterocycles. The van der Waals surface area contributed by atoms with Crippen LogP contribution in [0.15, 0.2) is 36.4 Å². The second kappa shape index (κ2) is 11.5. The van der Waals surface area contributed by atoms with Gasteiger partial charge in [0.2, 0.25) is 0 Å².